The number of piperidine rings is 1. The van der Waals surface area contributed by atoms with Crippen LogP contribution in [0.5, 0.6) is 5.75 Å². The van der Waals surface area contributed by atoms with Crippen LogP contribution < -0.4 is 10.2 Å². The number of hydrogen-bond donors (Lipinski definition) is 1. The van der Waals surface area contributed by atoms with Crippen LogP contribution in [0.3, 0.4) is 0 Å². The van der Waals surface area contributed by atoms with Gasteiger partial charge in [-0.3, -0.25) is 14.5 Å². The number of carbonyl (C=O) groups is 1. The zero-order chi connectivity index (χ0) is 20.4. The molecule has 1 aliphatic rings. The molecule has 2 aromatic rings. The Hall–Kier alpha value is -2.40. The minimum atomic E-state index is -0.0154. The molecule has 0 aliphatic carbocycles. The lowest BCUT2D eigenvalue weighted by Gasteiger charge is -2.32. The van der Waals surface area contributed by atoms with Gasteiger partial charge in [0.25, 0.3) is 0 Å². The number of hydrogen-bond acceptors (Lipinski definition) is 4. The number of ether oxygens (including phenoxy) is 1. The van der Waals surface area contributed by atoms with Crippen molar-refractivity contribution in [3.05, 3.63) is 62.1 Å². The number of H-pyrrole nitrogens is 1. The van der Waals surface area contributed by atoms with Crippen LogP contribution in [0, 0.1) is 33.6 Å². The van der Waals surface area contributed by atoms with Gasteiger partial charge in [-0.1, -0.05) is 0 Å². The first-order valence-corrected chi connectivity index (χ1v) is 9.91. The normalized spacial score (nSPS) is 17.5. The number of pyridine rings is 1. The first kappa shape index (κ1) is 20.3. The third kappa shape index (κ3) is 4.04. The second kappa shape index (κ2) is 8.31. The summed E-state index contributed by atoms with van der Waals surface area (Å²) in [4.78, 5) is 30.9. The molecule has 5 nitrogen and oxygen atoms in total. The third-order valence-corrected chi connectivity index (χ3v) is 5.82. The molecule has 1 atom stereocenters. The molecular formula is C23H30N2O3. The van der Waals surface area contributed by atoms with E-state index in [9.17, 15) is 9.59 Å². The van der Waals surface area contributed by atoms with Crippen molar-refractivity contribution < 1.29 is 9.53 Å². The lowest BCUT2D eigenvalue weighted by molar-refractivity contribution is 0.0809. The number of aryl methyl sites for hydroxylation is 3. The zero-order valence-corrected chi connectivity index (χ0v) is 17.5. The van der Waals surface area contributed by atoms with Crippen LogP contribution in [0.2, 0.25) is 0 Å². The van der Waals surface area contributed by atoms with E-state index in [2.05, 4.69) is 9.88 Å². The number of nitrogens with one attached hydrogen (secondary N) is 1. The van der Waals surface area contributed by atoms with Gasteiger partial charge in [0, 0.05) is 47.6 Å². The summed E-state index contributed by atoms with van der Waals surface area (Å²) < 4.78 is 5.42. The van der Waals surface area contributed by atoms with Crippen LogP contribution in [0.4, 0.5) is 0 Å². The summed E-state index contributed by atoms with van der Waals surface area (Å²) in [7, 11) is 1.66. The standard InChI is InChI=1S/C23H30N2O3/c1-14-9-19(10-15(2)23(14)28-5)22(27)18-7-6-8-25(12-18)13-20-17(4)21(26)16(3)11-24-20/h9-11,18H,6-8,12-13H2,1-5H3,(H,24,26)/t18-/m0/s1. The molecule has 2 heterocycles. The minimum Gasteiger partial charge on any atom is -0.496 e. The molecule has 0 unspecified atom stereocenters. The van der Waals surface area contributed by atoms with Gasteiger partial charge in [-0.15, -0.1) is 0 Å². The molecule has 0 radical (unpaired) electrons. The number of likely N-dealkylation sites (tertiary alicyclic amines) is 1. The largest absolute Gasteiger partial charge is 0.496 e. The van der Waals surface area contributed by atoms with Crippen molar-refractivity contribution in [2.75, 3.05) is 20.2 Å². The average molecular weight is 383 g/mol. The Bertz CT molecular complexity index is 922. The maximum Gasteiger partial charge on any atom is 0.187 e. The predicted molar refractivity (Wildman–Crippen MR) is 111 cm³/mol. The summed E-state index contributed by atoms with van der Waals surface area (Å²) in [5.74, 6) is 1.03. The van der Waals surface area contributed by atoms with Gasteiger partial charge in [0.15, 0.2) is 11.2 Å². The Kier molecular flexibility index (Phi) is 6.04. The molecule has 1 aromatic carbocycles. The van der Waals surface area contributed by atoms with Gasteiger partial charge in [0.1, 0.15) is 5.75 Å². The topological polar surface area (TPSA) is 62.4 Å². The summed E-state index contributed by atoms with van der Waals surface area (Å²) in [6.45, 7) is 9.99. The molecule has 1 aliphatic heterocycles. The van der Waals surface area contributed by atoms with Crippen molar-refractivity contribution in [3.8, 4) is 5.75 Å². The lowest BCUT2D eigenvalue weighted by Crippen LogP contribution is -2.39. The summed E-state index contributed by atoms with van der Waals surface area (Å²) in [5, 5.41) is 0. The average Bonchev–Trinajstić information content (AvgIpc) is 2.68. The Balaban J connectivity index is 1.75. The molecule has 0 saturated carbocycles. The van der Waals surface area contributed by atoms with Gasteiger partial charge in [-0.05, 0) is 70.3 Å². The minimum absolute atomic E-state index is 0.0154. The van der Waals surface area contributed by atoms with E-state index in [4.69, 9.17) is 4.74 Å². The SMILES string of the molecule is COc1c(C)cc(C(=O)[C@H]2CCCN(Cc3[nH]cc(C)c(=O)c3C)C2)cc1C. The van der Waals surface area contributed by atoms with Crippen LogP contribution in [-0.2, 0) is 6.54 Å². The number of rotatable bonds is 5. The number of carbonyl (C=O) groups excluding carboxylic acids is 1. The van der Waals surface area contributed by atoms with E-state index in [0.29, 0.717) is 6.54 Å². The van der Waals surface area contributed by atoms with Gasteiger partial charge in [-0.25, -0.2) is 0 Å². The van der Waals surface area contributed by atoms with Crippen molar-refractivity contribution in [2.45, 2.75) is 47.1 Å². The number of ketones is 1. The highest BCUT2D eigenvalue weighted by molar-refractivity contribution is 5.98. The Morgan fingerprint density at radius 1 is 1.18 bits per heavy atom. The highest BCUT2D eigenvalue weighted by Gasteiger charge is 2.27. The van der Waals surface area contributed by atoms with Crippen molar-refractivity contribution in [2.24, 2.45) is 5.92 Å². The molecule has 3 rings (SSSR count). The molecular weight excluding hydrogens is 352 g/mol. The Labute approximate surface area is 166 Å². The number of aromatic amines is 1. The van der Waals surface area contributed by atoms with E-state index in [1.54, 1.807) is 13.3 Å². The van der Waals surface area contributed by atoms with E-state index in [-0.39, 0.29) is 17.1 Å². The van der Waals surface area contributed by atoms with Crippen LogP contribution in [0.1, 0.15) is 51.1 Å². The van der Waals surface area contributed by atoms with E-state index >= 15 is 0 Å². The van der Waals surface area contributed by atoms with E-state index < -0.39 is 0 Å². The van der Waals surface area contributed by atoms with Crippen LogP contribution in [-0.4, -0.2) is 35.9 Å². The van der Waals surface area contributed by atoms with Gasteiger partial charge >= 0.3 is 0 Å². The molecule has 5 heteroatoms. The number of benzene rings is 1. The van der Waals surface area contributed by atoms with Crippen molar-refractivity contribution in [1.29, 1.82) is 0 Å². The molecule has 0 amide bonds. The van der Waals surface area contributed by atoms with E-state index in [0.717, 1.165) is 65.2 Å². The highest BCUT2D eigenvalue weighted by Crippen LogP contribution is 2.28. The fraction of sp³-hybridized carbons (Fsp3) is 0.478. The molecule has 28 heavy (non-hydrogen) atoms. The first-order valence-electron chi connectivity index (χ1n) is 9.91. The van der Waals surface area contributed by atoms with E-state index in [1.807, 2.05) is 39.8 Å². The maximum absolute atomic E-state index is 13.1. The zero-order valence-electron chi connectivity index (χ0n) is 17.5. The second-order valence-electron chi connectivity index (χ2n) is 7.99. The van der Waals surface area contributed by atoms with Crippen molar-refractivity contribution in [1.82, 2.24) is 9.88 Å². The summed E-state index contributed by atoms with van der Waals surface area (Å²) in [6.07, 6.45) is 3.67. The highest BCUT2D eigenvalue weighted by atomic mass is 16.5. The molecule has 150 valence electrons. The van der Waals surface area contributed by atoms with Crippen molar-refractivity contribution >= 4 is 5.78 Å². The molecule has 1 fully saturated rings. The second-order valence-corrected chi connectivity index (χ2v) is 7.99. The predicted octanol–water partition coefficient (Wildman–Crippen LogP) is 3.71. The Morgan fingerprint density at radius 2 is 1.86 bits per heavy atom. The number of aromatic nitrogens is 1. The molecule has 1 N–H and O–H groups in total. The number of Topliss-reactive ketones (excluding diaryl/α,β-unsaturated/α-hetero) is 1. The molecule has 1 saturated heterocycles. The van der Waals surface area contributed by atoms with E-state index in [1.165, 1.54) is 0 Å². The molecule has 1 aromatic heterocycles. The summed E-state index contributed by atoms with van der Waals surface area (Å²) in [6, 6.07) is 3.88. The summed E-state index contributed by atoms with van der Waals surface area (Å²) in [5.41, 5.74) is 5.30. The van der Waals surface area contributed by atoms with Gasteiger partial charge in [0.05, 0.1) is 7.11 Å². The first-order chi connectivity index (χ1) is 13.3. The van der Waals surface area contributed by atoms with Crippen LogP contribution in [0.25, 0.3) is 0 Å². The monoisotopic (exact) mass is 382 g/mol. The fourth-order valence-corrected chi connectivity index (χ4v) is 4.25. The molecule has 0 bridgehead atoms. The smallest absolute Gasteiger partial charge is 0.187 e. The van der Waals surface area contributed by atoms with Crippen LogP contribution in [0.15, 0.2) is 23.1 Å². The maximum atomic E-state index is 13.1. The number of nitrogens with zero attached hydrogens (tertiary/aromatic N) is 1. The Morgan fingerprint density at radius 3 is 2.50 bits per heavy atom. The van der Waals surface area contributed by atoms with Crippen LogP contribution >= 0.6 is 0 Å². The molecule has 0 spiro atoms. The van der Waals surface area contributed by atoms with Gasteiger partial charge in [-0.2, -0.15) is 0 Å². The summed E-state index contributed by atoms with van der Waals surface area (Å²) >= 11 is 0. The van der Waals surface area contributed by atoms with Crippen molar-refractivity contribution in [3.63, 3.8) is 0 Å². The quantitative estimate of drug-likeness (QED) is 0.801. The lowest BCUT2D eigenvalue weighted by atomic mass is 9.88. The fourth-order valence-electron chi connectivity index (χ4n) is 4.25. The van der Waals surface area contributed by atoms with Gasteiger partial charge in [0.2, 0.25) is 0 Å². The third-order valence-electron chi connectivity index (χ3n) is 5.82. The van der Waals surface area contributed by atoms with Gasteiger partial charge < -0.3 is 9.72 Å². The number of methoxy groups -OCH3 is 1.